The average Bonchev–Trinajstić information content (AvgIpc) is 3.00. The average molecular weight is 329 g/mol. The van der Waals surface area contributed by atoms with Crippen molar-refractivity contribution in [3.8, 4) is 5.75 Å². The first kappa shape index (κ1) is 16.5. The highest BCUT2D eigenvalue weighted by molar-refractivity contribution is 5.73. The Balaban J connectivity index is 1.89. The van der Waals surface area contributed by atoms with Gasteiger partial charge in [-0.1, -0.05) is 23.4 Å². The topological polar surface area (TPSA) is 58.8 Å². The van der Waals surface area contributed by atoms with Gasteiger partial charge in [0.1, 0.15) is 11.5 Å². The van der Waals surface area contributed by atoms with Gasteiger partial charge < -0.3 is 14.2 Å². The van der Waals surface area contributed by atoms with Crippen LogP contribution in [-0.2, 0) is 11.3 Å². The number of benzene rings is 1. The summed E-state index contributed by atoms with van der Waals surface area (Å²) in [4.78, 5) is 16.1. The van der Waals surface area contributed by atoms with E-state index in [1.54, 1.807) is 14.0 Å². The van der Waals surface area contributed by atoms with Crippen molar-refractivity contribution in [2.45, 2.75) is 26.4 Å². The minimum atomic E-state index is 0.0656. The number of piperazine rings is 1. The second-order valence-electron chi connectivity index (χ2n) is 6.12. The highest BCUT2D eigenvalue weighted by Gasteiger charge is 2.31. The van der Waals surface area contributed by atoms with Gasteiger partial charge in [-0.05, 0) is 13.0 Å². The van der Waals surface area contributed by atoms with Crippen molar-refractivity contribution in [1.82, 2.24) is 15.0 Å². The van der Waals surface area contributed by atoms with Crippen LogP contribution < -0.4 is 4.74 Å². The number of nitrogens with zero attached hydrogens (tertiary/aromatic N) is 3. The number of carbonyl (C=O) groups excluding carboxylic acids is 1. The van der Waals surface area contributed by atoms with E-state index >= 15 is 0 Å². The maximum Gasteiger partial charge on any atom is 0.219 e. The molecule has 0 aliphatic carbocycles. The summed E-state index contributed by atoms with van der Waals surface area (Å²) in [6.45, 7) is 6.35. The quantitative estimate of drug-likeness (QED) is 0.862. The zero-order valence-corrected chi connectivity index (χ0v) is 14.4. The van der Waals surface area contributed by atoms with Gasteiger partial charge in [-0.25, -0.2) is 0 Å². The molecule has 0 bridgehead atoms. The number of hydrogen-bond acceptors (Lipinski definition) is 5. The Morgan fingerprint density at radius 2 is 2.17 bits per heavy atom. The summed E-state index contributed by atoms with van der Waals surface area (Å²) in [5, 5.41) is 4.11. The molecule has 1 aliphatic heterocycles. The Morgan fingerprint density at radius 1 is 1.38 bits per heavy atom. The summed E-state index contributed by atoms with van der Waals surface area (Å²) < 4.78 is 10.7. The van der Waals surface area contributed by atoms with Crippen molar-refractivity contribution in [3.05, 3.63) is 47.3 Å². The fraction of sp³-hybridized carbons (Fsp3) is 0.444. The van der Waals surface area contributed by atoms with E-state index in [-0.39, 0.29) is 11.9 Å². The van der Waals surface area contributed by atoms with Crippen molar-refractivity contribution in [2.75, 3.05) is 26.7 Å². The van der Waals surface area contributed by atoms with Crippen LogP contribution in [0.1, 0.15) is 30.0 Å². The molecule has 1 fully saturated rings. The molecule has 0 spiro atoms. The molecule has 3 rings (SSSR count). The molecule has 6 nitrogen and oxygen atoms in total. The van der Waals surface area contributed by atoms with E-state index in [0.29, 0.717) is 13.1 Å². The minimum absolute atomic E-state index is 0.0656. The maximum absolute atomic E-state index is 11.8. The minimum Gasteiger partial charge on any atom is -0.496 e. The van der Waals surface area contributed by atoms with Crippen LogP contribution in [0.15, 0.2) is 34.9 Å². The lowest BCUT2D eigenvalue weighted by molar-refractivity contribution is -0.132. The lowest BCUT2D eigenvalue weighted by Gasteiger charge is -2.41. The lowest BCUT2D eigenvalue weighted by Crippen LogP contribution is -2.49. The molecule has 2 aromatic rings. The number of aryl methyl sites for hydroxylation is 1. The number of hydrogen-bond donors (Lipinski definition) is 0. The number of amides is 1. The Kier molecular flexibility index (Phi) is 4.85. The third-order valence-corrected chi connectivity index (χ3v) is 4.48. The first-order valence-electron chi connectivity index (χ1n) is 8.13. The van der Waals surface area contributed by atoms with Crippen LogP contribution in [0, 0.1) is 6.92 Å². The molecule has 1 aromatic heterocycles. The van der Waals surface area contributed by atoms with Gasteiger partial charge in [0, 0.05) is 44.7 Å². The summed E-state index contributed by atoms with van der Waals surface area (Å²) in [5.74, 6) is 1.75. The molecule has 1 aliphatic rings. The van der Waals surface area contributed by atoms with Crippen LogP contribution in [0.25, 0.3) is 0 Å². The molecule has 0 saturated carbocycles. The van der Waals surface area contributed by atoms with Crippen LogP contribution in [0.4, 0.5) is 0 Å². The van der Waals surface area contributed by atoms with Crippen LogP contribution in [0.5, 0.6) is 5.75 Å². The number of ether oxygens (including phenoxy) is 1. The number of carbonyl (C=O) groups is 1. The predicted octanol–water partition coefficient (Wildman–Crippen LogP) is 2.40. The third kappa shape index (κ3) is 3.43. The molecule has 1 atom stereocenters. The molecule has 2 heterocycles. The van der Waals surface area contributed by atoms with Gasteiger partial charge in [0.05, 0.1) is 18.8 Å². The zero-order chi connectivity index (χ0) is 17.1. The van der Waals surface area contributed by atoms with E-state index in [1.807, 2.05) is 36.1 Å². The van der Waals surface area contributed by atoms with Crippen LogP contribution in [0.3, 0.4) is 0 Å². The highest BCUT2D eigenvalue weighted by atomic mass is 16.5. The number of rotatable bonds is 4. The summed E-state index contributed by atoms with van der Waals surface area (Å²) in [6, 6.07) is 10.0. The molecule has 0 radical (unpaired) electrons. The molecule has 24 heavy (non-hydrogen) atoms. The summed E-state index contributed by atoms with van der Waals surface area (Å²) in [5.41, 5.74) is 2.00. The van der Waals surface area contributed by atoms with E-state index in [0.717, 1.165) is 35.9 Å². The van der Waals surface area contributed by atoms with Gasteiger partial charge in [0.25, 0.3) is 0 Å². The monoisotopic (exact) mass is 329 g/mol. The standard InChI is InChI=1S/C18H23N3O3/c1-13-10-15(19-24-13)11-21-9-8-20(14(2)22)12-17(21)16-6-4-5-7-18(16)23-3/h4-7,10,17H,8-9,11-12H2,1-3H3. The molecule has 128 valence electrons. The molecule has 1 aromatic carbocycles. The lowest BCUT2D eigenvalue weighted by atomic mass is 10.0. The summed E-state index contributed by atoms with van der Waals surface area (Å²) in [7, 11) is 1.68. The molecule has 1 saturated heterocycles. The third-order valence-electron chi connectivity index (χ3n) is 4.48. The van der Waals surface area contributed by atoms with Gasteiger partial charge in [-0.3, -0.25) is 9.69 Å². The van der Waals surface area contributed by atoms with Gasteiger partial charge in [0.2, 0.25) is 5.91 Å². The molecular weight excluding hydrogens is 306 g/mol. The summed E-state index contributed by atoms with van der Waals surface area (Å²) >= 11 is 0. The van der Waals surface area contributed by atoms with Crippen molar-refractivity contribution in [3.63, 3.8) is 0 Å². The number of methoxy groups -OCH3 is 1. The Bertz CT molecular complexity index is 713. The van der Waals surface area contributed by atoms with E-state index in [4.69, 9.17) is 9.26 Å². The van der Waals surface area contributed by atoms with Gasteiger partial charge >= 0.3 is 0 Å². The van der Waals surface area contributed by atoms with E-state index in [9.17, 15) is 4.79 Å². The predicted molar refractivity (Wildman–Crippen MR) is 89.6 cm³/mol. The fourth-order valence-corrected chi connectivity index (χ4v) is 3.23. The first-order chi connectivity index (χ1) is 11.6. The van der Waals surface area contributed by atoms with E-state index < -0.39 is 0 Å². The van der Waals surface area contributed by atoms with Gasteiger partial charge in [0.15, 0.2) is 0 Å². The normalized spacial score (nSPS) is 18.6. The number of para-hydroxylation sites is 1. The molecule has 0 N–H and O–H groups in total. The molecule has 6 heteroatoms. The van der Waals surface area contributed by atoms with Crippen LogP contribution in [0.2, 0.25) is 0 Å². The van der Waals surface area contributed by atoms with Crippen molar-refractivity contribution in [2.24, 2.45) is 0 Å². The zero-order valence-electron chi connectivity index (χ0n) is 14.4. The molecular formula is C18H23N3O3. The summed E-state index contributed by atoms with van der Waals surface area (Å²) in [6.07, 6.45) is 0. The van der Waals surface area contributed by atoms with Gasteiger partial charge in [-0.2, -0.15) is 0 Å². The second kappa shape index (κ2) is 7.05. The van der Waals surface area contributed by atoms with Crippen molar-refractivity contribution >= 4 is 5.91 Å². The fourth-order valence-electron chi connectivity index (χ4n) is 3.23. The van der Waals surface area contributed by atoms with E-state index in [2.05, 4.69) is 16.1 Å². The van der Waals surface area contributed by atoms with Crippen molar-refractivity contribution in [1.29, 1.82) is 0 Å². The van der Waals surface area contributed by atoms with Crippen LogP contribution >= 0.6 is 0 Å². The van der Waals surface area contributed by atoms with Crippen molar-refractivity contribution < 1.29 is 14.1 Å². The first-order valence-corrected chi connectivity index (χ1v) is 8.13. The highest BCUT2D eigenvalue weighted by Crippen LogP contribution is 2.33. The Hall–Kier alpha value is -2.34. The Morgan fingerprint density at radius 3 is 2.83 bits per heavy atom. The van der Waals surface area contributed by atoms with E-state index in [1.165, 1.54) is 0 Å². The van der Waals surface area contributed by atoms with Gasteiger partial charge in [-0.15, -0.1) is 0 Å². The SMILES string of the molecule is COc1ccccc1C1CN(C(C)=O)CCN1Cc1cc(C)on1. The second-order valence-corrected chi connectivity index (χ2v) is 6.12. The van der Waals surface area contributed by atoms with Crippen LogP contribution in [-0.4, -0.2) is 47.6 Å². The largest absolute Gasteiger partial charge is 0.496 e. The smallest absolute Gasteiger partial charge is 0.219 e. The number of aromatic nitrogens is 1. The maximum atomic E-state index is 11.8. The molecule has 1 unspecified atom stereocenters. The molecule has 1 amide bonds. The Labute approximate surface area is 142 Å².